The first-order valence-electron chi connectivity index (χ1n) is 8.12. The topological polar surface area (TPSA) is 59.4 Å². The van der Waals surface area contributed by atoms with Gasteiger partial charge < -0.3 is 9.84 Å². The largest absolute Gasteiger partial charge is 0.489 e. The molecule has 25 heavy (non-hydrogen) atoms. The van der Waals surface area contributed by atoms with Crippen molar-refractivity contribution < 1.29 is 14.6 Å². The molecule has 0 aliphatic carbocycles. The van der Waals surface area contributed by atoms with Gasteiger partial charge in [0.25, 0.3) is 0 Å². The fourth-order valence-corrected chi connectivity index (χ4v) is 3.34. The van der Waals surface area contributed by atoms with Gasteiger partial charge in [-0.1, -0.05) is 37.3 Å². The molecule has 5 heteroatoms. The molecule has 3 rings (SSSR count). The van der Waals surface area contributed by atoms with Crippen LogP contribution in [0.1, 0.15) is 23.1 Å². The highest BCUT2D eigenvalue weighted by atomic mass is 32.1. The summed E-state index contributed by atoms with van der Waals surface area (Å²) in [6.07, 6.45) is 0.813. The number of hydrogen-bond acceptors (Lipinski definition) is 4. The van der Waals surface area contributed by atoms with Crippen LogP contribution in [0.4, 0.5) is 0 Å². The summed E-state index contributed by atoms with van der Waals surface area (Å²) in [5.41, 5.74) is 4.04. The number of hydrogen-bond donors (Lipinski definition) is 1. The summed E-state index contributed by atoms with van der Waals surface area (Å²) in [6, 6.07) is 16.1. The zero-order valence-electron chi connectivity index (χ0n) is 13.9. The average Bonchev–Trinajstić information content (AvgIpc) is 3.08. The predicted molar refractivity (Wildman–Crippen MR) is 99.0 cm³/mol. The third-order valence-corrected chi connectivity index (χ3v) is 4.68. The van der Waals surface area contributed by atoms with Crippen LogP contribution >= 0.6 is 11.3 Å². The molecule has 0 aliphatic rings. The molecular formula is C20H19NO3S. The third-order valence-electron chi connectivity index (χ3n) is 3.83. The molecule has 1 aromatic heterocycles. The van der Waals surface area contributed by atoms with Gasteiger partial charge in [-0.15, -0.1) is 11.3 Å². The van der Waals surface area contributed by atoms with E-state index in [0.717, 1.165) is 34.6 Å². The Morgan fingerprint density at radius 3 is 2.72 bits per heavy atom. The smallest absolute Gasteiger partial charge is 0.310 e. The molecule has 1 N–H and O–H groups in total. The van der Waals surface area contributed by atoms with E-state index < -0.39 is 5.97 Å². The Labute approximate surface area is 150 Å². The van der Waals surface area contributed by atoms with Crippen molar-refractivity contribution in [3.05, 3.63) is 70.0 Å². The van der Waals surface area contributed by atoms with E-state index in [1.165, 1.54) is 11.3 Å². The van der Waals surface area contributed by atoms with Gasteiger partial charge in [-0.2, -0.15) is 0 Å². The number of benzene rings is 2. The average molecular weight is 353 g/mol. The van der Waals surface area contributed by atoms with Crippen LogP contribution in [0.5, 0.6) is 5.75 Å². The van der Waals surface area contributed by atoms with Crippen LogP contribution in [0.15, 0.2) is 53.9 Å². The predicted octanol–water partition coefficient (Wildman–Crippen LogP) is 4.58. The summed E-state index contributed by atoms with van der Waals surface area (Å²) in [7, 11) is 0. The number of ether oxygens (including phenoxy) is 1. The van der Waals surface area contributed by atoms with Crippen LogP contribution in [0, 0.1) is 0 Å². The number of aryl methyl sites for hydroxylation is 1. The first-order valence-corrected chi connectivity index (χ1v) is 9.00. The first kappa shape index (κ1) is 17.2. The van der Waals surface area contributed by atoms with Crippen LogP contribution < -0.4 is 4.74 Å². The van der Waals surface area contributed by atoms with Gasteiger partial charge in [0.1, 0.15) is 17.4 Å². The van der Waals surface area contributed by atoms with Crippen molar-refractivity contribution in [3.63, 3.8) is 0 Å². The van der Waals surface area contributed by atoms with Crippen molar-refractivity contribution in [2.45, 2.75) is 26.4 Å². The zero-order valence-corrected chi connectivity index (χ0v) is 14.8. The van der Waals surface area contributed by atoms with Gasteiger partial charge in [0.15, 0.2) is 0 Å². The van der Waals surface area contributed by atoms with Gasteiger partial charge in [0.05, 0.1) is 12.1 Å². The molecule has 3 aromatic rings. The van der Waals surface area contributed by atoms with Gasteiger partial charge in [-0.05, 0) is 35.7 Å². The number of carboxylic acids is 1. The third kappa shape index (κ3) is 4.45. The van der Waals surface area contributed by atoms with E-state index in [2.05, 4.69) is 18.0 Å². The molecule has 0 radical (unpaired) electrons. The maximum Gasteiger partial charge on any atom is 0.310 e. The van der Waals surface area contributed by atoms with Crippen LogP contribution in [0.25, 0.3) is 11.3 Å². The lowest BCUT2D eigenvalue weighted by molar-refractivity contribution is -0.136. The Hall–Kier alpha value is -2.66. The minimum Gasteiger partial charge on any atom is -0.489 e. The van der Waals surface area contributed by atoms with E-state index in [1.54, 1.807) is 0 Å². The number of aromatic nitrogens is 1. The van der Waals surface area contributed by atoms with E-state index in [0.29, 0.717) is 11.6 Å². The molecule has 0 aliphatic heterocycles. The van der Waals surface area contributed by atoms with E-state index in [4.69, 9.17) is 9.84 Å². The zero-order chi connectivity index (χ0) is 17.6. The number of nitrogens with zero attached hydrogens (tertiary/aromatic N) is 1. The van der Waals surface area contributed by atoms with E-state index in [9.17, 15) is 4.79 Å². The lowest BCUT2D eigenvalue weighted by Gasteiger charge is -2.12. The Morgan fingerprint density at radius 1 is 1.20 bits per heavy atom. The molecule has 2 aromatic carbocycles. The second-order valence-electron chi connectivity index (χ2n) is 5.65. The summed E-state index contributed by atoms with van der Waals surface area (Å²) in [5, 5.41) is 11.4. The van der Waals surface area contributed by atoms with Gasteiger partial charge in [-0.3, -0.25) is 4.79 Å². The van der Waals surface area contributed by atoms with Crippen molar-refractivity contribution in [1.29, 1.82) is 0 Å². The number of carboxylic acid groups (broad SMARTS) is 1. The summed E-state index contributed by atoms with van der Waals surface area (Å²) in [6.45, 7) is 2.62. The maximum atomic E-state index is 10.8. The van der Waals surface area contributed by atoms with E-state index >= 15 is 0 Å². The number of rotatable bonds is 7. The number of carbonyl (C=O) groups is 1. The number of aliphatic carboxylic acids is 1. The second kappa shape index (κ2) is 7.94. The van der Waals surface area contributed by atoms with Crippen molar-refractivity contribution in [3.8, 4) is 17.0 Å². The highest BCUT2D eigenvalue weighted by Crippen LogP contribution is 2.29. The van der Waals surface area contributed by atoms with Gasteiger partial charge in [-0.25, -0.2) is 4.98 Å². The fourth-order valence-electron chi connectivity index (χ4n) is 2.55. The highest BCUT2D eigenvalue weighted by molar-refractivity contribution is 7.10. The van der Waals surface area contributed by atoms with Crippen LogP contribution in [0.3, 0.4) is 0 Å². The molecule has 0 amide bonds. The van der Waals surface area contributed by atoms with E-state index in [1.807, 2.05) is 47.8 Å². The molecule has 4 nitrogen and oxygen atoms in total. The summed E-state index contributed by atoms with van der Waals surface area (Å²) in [5.74, 6) is 0.0101. The van der Waals surface area contributed by atoms with E-state index in [-0.39, 0.29) is 6.42 Å². The van der Waals surface area contributed by atoms with Crippen LogP contribution in [-0.4, -0.2) is 16.1 Å². The molecule has 128 valence electrons. The Morgan fingerprint density at radius 2 is 2.00 bits per heavy atom. The molecule has 1 heterocycles. The van der Waals surface area contributed by atoms with Crippen LogP contribution in [-0.2, 0) is 24.2 Å². The van der Waals surface area contributed by atoms with Crippen molar-refractivity contribution in [2.24, 2.45) is 0 Å². The van der Waals surface area contributed by atoms with Gasteiger partial charge in [0, 0.05) is 10.9 Å². The molecule has 0 saturated heterocycles. The minimum atomic E-state index is -0.861. The van der Waals surface area contributed by atoms with Crippen molar-refractivity contribution in [1.82, 2.24) is 4.98 Å². The Kier molecular flexibility index (Phi) is 5.46. The fraction of sp³-hybridized carbons (Fsp3) is 0.200. The van der Waals surface area contributed by atoms with Crippen LogP contribution in [0.2, 0.25) is 0 Å². The SMILES string of the molecule is CCc1cc(-c2csc(CC(=O)O)n2)ccc1OCc1ccccc1. The molecular weight excluding hydrogens is 334 g/mol. The normalized spacial score (nSPS) is 10.6. The molecule has 0 unspecified atom stereocenters. The minimum absolute atomic E-state index is 0.0381. The monoisotopic (exact) mass is 353 g/mol. The molecule has 0 bridgehead atoms. The number of thiazole rings is 1. The standard InChI is InChI=1S/C20H19NO3S/c1-2-15-10-16(17-13-25-19(21-17)11-20(22)23)8-9-18(15)24-12-14-6-4-3-5-7-14/h3-10,13H,2,11-12H2,1H3,(H,22,23). The summed E-state index contributed by atoms with van der Waals surface area (Å²) in [4.78, 5) is 15.2. The molecule has 0 atom stereocenters. The van der Waals surface area contributed by atoms with Crippen molar-refractivity contribution >= 4 is 17.3 Å². The maximum absolute atomic E-state index is 10.8. The Bertz CT molecular complexity index is 858. The molecule has 0 spiro atoms. The lowest BCUT2D eigenvalue weighted by atomic mass is 10.1. The lowest BCUT2D eigenvalue weighted by Crippen LogP contribution is -1.99. The summed E-state index contributed by atoms with van der Waals surface area (Å²) < 4.78 is 5.97. The first-order chi connectivity index (χ1) is 12.2. The molecule has 0 fully saturated rings. The highest BCUT2D eigenvalue weighted by Gasteiger charge is 2.10. The van der Waals surface area contributed by atoms with Gasteiger partial charge >= 0.3 is 5.97 Å². The Balaban J connectivity index is 1.77. The summed E-state index contributed by atoms with van der Waals surface area (Å²) >= 11 is 1.37. The van der Waals surface area contributed by atoms with Crippen molar-refractivity contribution in [2.75, 3.05) is 0 Å². The van der Waals surface area contributed by atoms with Gasteiger partial charge in [0.2, 0.25) is 0 Å². The quantitative estimate of drug-likeness (QED) is 0.675. The second-order valence-corrected chi connectivity index (χ2v) is 6.59. The molecule has 0 saturated carbocycles.